The monoisotopic (exact) mass is 274 g/mol. The van der Waals surface area contributed by atoms with Gasteiger partial charge < -0.3 is 5.32 Å². The highest BCUT2D eigenvalue weighted by Crippen LogP contribution is 2.19. The first-order chi connectivity index (χ1) is 9.69. The zero-order chi connectivity index (χ0) is 14.4. The fourth-order valence-electron chi connectivity index (χ4n) is 2.92. The van der Waals surface area contributed by atoms with Crippen molar-refractivity contribution in [1.29, 1.82) is 0 Å². The quantitative estimate of drug-likeness (QED) is 0.890. The van der Waals surface area contributed by atoms with Gasteiger partial charge in [-0.2, -0.15) is 0 Å². The van der Waals surface area contributed by atoms with Gasteiger partial charge in [0.2, 0.25) is 5.91 Å². The number of nitrogens with zero attached hydrogens (tertiary/aromatic N) is 1. The number of piperidine rings is 1. The Bertz CT molecular complexity index is 427. The molecule has 1 aromatic carbocycles. The summed E-state index contributed by atoms with van der Waals surface area (Å²) >= 11 is 0. The second-order valence-corrected chi connectivity index (χ2v) is 5.76. The number of aryl methyl sites for hydroxylation is 1. The number of rotatable bonds is 5. The van der Waals surface area contributed by atoms with Crippen LogP contribution in [0.5, 0.6) is 0 Å². The molecule has 20 heavy (non-hydrogen) atoms. The summed E-state index contributed by atoms with van der Waals surface area (Å²) in [4.78, 5) is 14.5. The summed E-state index contributed by atoms with van der Waals surface area (Å²) in [6.45, 7) is 6.33. The molecule has 1 aliphatic rings. The van der Waals surface area contributed by atoms with E-state index in [1.54, 1.807) is 0 Å². The molecule has 1 atom stereocenters. The Morgan fingerprint density at radius 2 is 2.05 bits per heavy atom. The molecule has 2 rings (SSSR count). The molecule has 0 radical (unpaired) electrons. The second kappa shape index (κ2) is 7.44. The molecule has 1 aliphatic heterocycles. The van der Waals surface area contributed by atoms with Gasteiger partial charge in [0.05, 0.1) is 0 Å². The number of hydrogen-bond acceptors (Lipinski definition) is 2. The predicted octanol–water partition coefficient (Wildman–Crippen LogP) is 3.59. The van der Waals surface area contributed by atoms with E-state index in [-0.39, 0.29) is 5.91 Å². The van der Waals surface area contributed by atoms with Crippen LogP contribution in [-0.2, 0) is 4.79 Å². The molecular weight excluding hydrogens is 248 g/mol. The minimum Gasteiger partial charge on any atom is -0.326 e. The molecule has 1 N–H and O–H groups in total. The van der Waals surface area contributed by atoms with Crippen molar-refractivity contribution < 1.29 is 4.79 Å². The number of likely N-dealkylation sites (tertiary alicyclic amines) is 1. The van der Waals surface area contributed by atoms with E-state index in [2.05, 4.69) is 17.1 Å². The molecule has 0 aliphatic carbocycles. The molecule has 1 amide bonds. The number of carbonyl (C=O) groups excluding carboxylic acids is 1. The van der Waals surface area contributed by atoms with Crippen LogP contribution in [0.3, 0.4) is 0 Å². The molecule has 1 aromatic rings. The van der Waals surface area contributed by atoms with Gasteiger partial charge in [-0.05, 0) is 44.9 Å². The van der Waals surface area contributed by atoms with E-state index in [4.69, 9.17) is 0 Å². The molecule has 1 unspecified atom stereocenters. The number of benzene rings is 1. The third kappa shape index (κ3) is 4.34. The lowest BCUT2D eigenvalue weighted by Crippen LogP contribution is -2.40. The first kappa shape index (κ1) is 15.0. The van der Waals surface area contributed by atoms with Crippen LogP contribution in [0.2, 0.25) is 0 Å². The minimum absolute atomic E-state index is 0.120. The van der Waals surface area contributed by atoms with Crippen LogP contribution < -0.4 is 5.32 Å². The lowest BCUT2D eigenvalue weighted by molar-refractivity contribution is -0.116. The standard InChI is InChI=1S/C17H26N2O/c1-3-16-6-4-5-12-19(16)13-11-17(20)18-15-9-7-14(2)8-10-15/h7-10,16H,3-6,11-13H2,1-2H3,(H,18,20). The number of amides is 1. The number of hydrogen-bond donors (Lipinski definition) is 1. The third-order valence-corrected chi connectivity index (χ3v) is 4.18. The van der Waals surface area contributed by atoms with E-state index >= 15 is 0 Å². The van der Waals surface area contributed by atoms with Crippen molar-refractivity contribution in [2.45, 2.75) is 52.0 Å². The number of nitrogens with one attached hydrogen (secondary N) is 1. The maximum atomic E-state index is 12.0. The lowest BCUT2D eigenvalue weighted by Gasteiger charge is -2.35. The lowest BCUT2D eigenvalue weighted by atomic mass is 10.00. The summed E-state index contributed by atoms with van der Waals surface area (Å²) in [6.07, 6.45) is 5.68. The summed E-state index contributed by atoms with van der Waals surface area (Å²) in [5.74, 6) is 0.120. The SMILES string of the molecule is CCC1CCCCN1CCC(=O)Nc1ccc(C)cc1. The van der Waals surface area contributed by atoms with Gasteiger partial charge in [0.1, 0.15) is 0 Å². The second-order valence-electron chi connectivity index (χ2n) is 5.76. The first-order valence-electron chi connectivity index (χ1n) is 7.79. The van der Waals surface area contributed by atoms with Crippen LogP contribution in [0.15, 0.2) is 24.3 Å². The van der Waals surface area contributed by atoms with Crippen LogP contribution in [0.1, 0.15) is 44.6 Å². The van der Waals surface area contributed by atoms with Gasteiger partial charge >= 0.3 is 0 Å². The van der Waals surface area contributed by atoms with Gasteiger partial charge in [0, 0.05) is 24.7 Å². The van der Waals surface area contributed by atoms with E-state index in [1.165, 1.54) is 31.2 Å². The van der Waals surface area contributed by atoms with Gasteiger partial charge in [-0.25, -0.2) is 0 Å². The molecule has 3 heteroatoms. The third-order valence-electron chi connectivity index (χ3n) is 4.18. The largest absolute Gasteiger partial charge is 0.326 e. The van der Waals surface area contributed by atoms with Crippen LogP contribution in [0.4, 0.5) is 5.69 Å². The van der Waals surface area contributed by atoms with E-state index in [1.807, 2.05) is 31.2 Å². The normalized spacial score (nSPS) is 19.8. The zero-order valence-electron chi connectivity index (χ0n) is 12.7. The molecule has 0 spiro atoms. The van der Waals surface area contributed by atoms with E-state index in [0.29, 0.717) is 12.5 Å². The van der Waals surface area contributed by atoms with Gasteiger partial charge in [-0.3, -0.25) is 9.69 Å². The Kier molecular flexibility index (Phi) is 5.60. The summed E-state index contributed by atoms with van der Waals surface area (Å²) < 4.78 is 0. The molecule has 1 heterocycles. The van der Waals surface area contributed by atoms with Crippen molar-refractivity contribution in [2.24, 2.45) is 0 Å². The highest BCUT2D eigenvalue weighted by Gasteiger charge is 2.20. The van der Waals surface area contributed by atoms with Gasteiger partial charge in [-0.15, -0.1) is 0 Å². The molecule has 1 saturated heterocycles. The average molecular weight is 274 g/mol. The van der Waals surface area contributed by atoms with Crippen molar-refractivity contribution in [2.75, 3.05) is 18.4 Å². The highest BCUT2D eigenvalue weighted by atomic mass is 16.1. The maximum absolute atomic E-state index is 12.0. The van der Waals surface area contributed by atoms with Crippen LogP contribution in [0.25, 0.3) is 0 Å². The fraction of sp³-hybridized carbons (Fsp3) is 0.588. The zero-order valence-corrected chi connectivity index (χ0v) is 12.7. The minimum atomic E-state index is 0.120. The average Bonchev–Trinajstić information content (AvgIpc) is 2.48. The summed E-state index contributed by atoms with van der Waals surface area (Å²) in [5, 5.41) is 2.98. The molecule has 3 nitrogen and oxygen atoms in total. The van der Waals surface area contributed by atoms with Gasteiger partial charge in [-0.1, -0.05) is 31.0 Å². The molecule has 0 saturated carbocycles. The van der Waals surface area contributed by atoms with Crippen molar-refractivity contribution >= 4 is 11.6 Å². The topological polar surface area (TPSA) is 32.3 Å². The maximum Gasteiger partial charge on any atom is 0.225 e. The van der Waals surface area contributed by atoms with Crippen LogP contribution in [-0.4, -0.2) is 29.9 Å². The molecule has 1 fully saturated rings. The number of anilines is 1. The molecule has 110 valence electrons. The number of carbonyl (C=O) groups is 1. The summed E-state index contributed by atoms with van der Waals surface area (Å²) in [7, 11) is 0. The summed E-state index contributed by atoms with van der Waals surface area (Å²) in [6, 6.07) is 8.64. The summed E-state index contributed by atoms with van der Waals surface area (Å²) in [5.41, 5.74) is 2.10. The van der Waals surface area contributed by atoms with Crippen LogP contribution in [0, 0.1) is 6.92 Å². The Hall–Kier alpha value is -1.35. The van der Waals surface area contributed by atoms with Crippen LogP contribution >= 0.6 is 0 Å². The highest BCUT2D eigenvalue weighted by molar-refractivity contribution is 5.90. The molecule has 0 bridgehead atoms. The molecular formula is C17H26N2O. The van der Waals surface area contributed by atoms with Crippen molar-refractivity contribution in [1.82, 2.24) is 4.90 Å². The van der Waals surface area contributed by atoms with Crippen molar-refractivity contribution in [3.05, 3.63) is 29.8 Å². The van der Waals surface area contributed by atoms with E-state index in [0.717, 1.165) is 18.8 Å². The Morgan fingerprint density at radius 1 is 1.30 bits per heavy atom. The van der Waals surface area contributed by atoms with Gasteiger partial charge in [0.15, 0.2) is 0 Å². The Labute approximate surface area is 122 Å². The molecule has 0 aromatic heterocycles. The Balaban J connectivity index is 1.78. The van der Waals surface area contributed by atoms with Gasteiger partial charge in [0.25, 0.3) is 0 Å². The predicted molar refractivity (Wildman–Crippen MR) is 83.9 cm³/mol. The van der Waals surface area contributed by atoms with E-state index < -0.39 is 0 Å². The van der Waals surface area contributed by atoms with Crippen molar-refractivity contribution in [3.8, 4) is 0 Å². The van der Waals surface area contributed by atoms with Crippen molar-refractivity contribution in [3.63, 3.8) is 0 Å². The fourth-order valence-corrected chi connectivity index (χ4v) is 2.92. The van der Waals surface area contributed by atoms with E-state index in [9.17, 15) is 4.79 Å². The smallest absolute Gasteiger partial charge is 0.225 e. The first-order valence-corrected chi connectivity index (χ1v) is 7.79. The Morgan fingerprint density at radius 3 is 2.75 bits per heavy atom.